The van der Waals surface area contributed by atoms with Crippen LogP contribution in [0, 0.1) is 11.6 Å². The van der Waals surface area contributed by atoms with E-state index in [1.54, 1.807) is 0 Å². The molecular weight excluding hydrogens is 204 g/mol. The van der Waals surface area contributed by atoms with Crippen LogP contribution in [-0.4, -0.2) is 24.9 Å². The van der Waals surface area contributed by atoms with Crippen molar-refractivity contribution in [1.82, 2.24) is 0 Å². The Hall–Kier alpha value is -1.20. The first kappa shape index (κ1) is 11.9. The fraction of sp³-hybridized carbons (Fsp3) is 0.400. The second kappa shape index (κ2) is 5.04. The highest BCUT2D eigenvalue weighted by molar-refractivity contribution is 5.31. The van der Waals surface area contributed by atoms with E-state index >= 15 is 0 Å². The zero-order valence-electron chi connectivity index (χ0n) is 8.34. The highest BCUT2D eigenvalue weighted by Crippen LogP contribution is 2.21. The third kappa shape index (κ3) is 2.87. The largest absolute Gasteiger partial charge is 0.494 e. The first-order valence-corrected chi connectivity index (χ1v) is 4.48. The van der Waals surface area contributed by atoms with Crippen molar-refractivity contribution < 1.29 is 18.6 Å². The second-order valence-electron chi connectivity index (χ2n) is 3.17. The molecular formula is C10H13F2NO2. The Labute approximate surface area is 86.5 Å². The lowest BCUT2D eigenvalue weighted by Crippen LogP contribution is -2.22. The highest BCUT2D eigenvalue weighted by Gasteiger charge is 2.13. The third-order valence-electron chi connectivity index (χ3n) is 2.05. The van der Waals surface area contributed by atoms with Crippen molar-refractivity contribution in [1.29, 1.82) is 0 Å². The van der Waals surface area contributed by atoms with E-state index in [9.17, 15) is 13.9 Å². The Morgan fingerprint density at radius 3 is 2.60 bits per heavy atom. The van der Waals surface area contributed by atoms with E-state index in [0.717, 1.165) is 12.1 Å². The molecule has 0 radical (unpaired) electrons. The molecule has 1 aromatic rings. The lowest BCUT2D eigenvalue weighted by molar-refractivity contribution is 0.182. The van der Waals surface area contributed by atoms with E-state index < -0.39 is 17.7 Å². The molecule has 0 heterocycles. The van der Waals surface area contributed by atoms with E-state index in [1.807, 2.05) is 0 Å². The van der Waals surface area contributed by atoms with Crippen LogP contribution in [0.25, 0.3) is 0 Å². The number of aliphatic hydroxyl groups excluding tert-OH is 1. The summed E-state index contributed by atoms with van der Waals surface area (Å²) in [5, 5.41) is 9.21. The minimum atomic E-state index is -0.868. The van der Waals surface area contributed by atoms with Gasteiger partial charge in [0.15, 0.2) is 11.6 Å². The van der Waals surface area contributed by atoms with Gasteiger partial charge in [-0.15, -0.1) is 0 Å². The zero-order chi connectivity index (χ0) is 11.4. The summed E-state index contributed by atoms with van der Waals surface area (Å²) in [6.45, 7) is 0.00703. The molecule has 1 aromatic carbocycles. The molecule has 0 aliphatic rings. The van der Waals surface area contributed by atoms with Gasteiger partial charge in [-0.2, -0.15) is 0 Å². The molecule has 1 atom stereocenters. The summed E-state index contributed by atoms with van der Waals surface area (Å²) < 4.78 is 31.1. The van der Waals surface area contributed by atoms with Crippen LogP contribution in [0.4, 0.5) is 8.78 Å². The fourth-order valence-electron chi connectivity index (χ4n) is 1.22. The third-order valence-corrected chi connectivity index (χ3v) is 2.05. The maximum atomic E-state index is 13.3. The topological polar surface area (TPSA) is 55.5 Å². The van der Waals surface area contributed by atoms with Gasteiger partial charge < -0.3 is 15.6 Å². The summed E-state index contributed by atoms with van der Waals surface area (Å²) >= 11 is 0. The quantitative estimate of drug-likeness (QED) is 0.785. The van der Waals surface area contributed by atoms with Crippen molar-refractivity contribution in [3.8, 4) is 5.75 Å². The monoisotopic (exact) mass is 217 g/mol. The van der Waals surface area contributed by atoms with Gasteiger partial charge in [-0.3, -0.25) is 0 Å². The molecule has 3 nitrogen and oxygen atoms in total. The second-order valence-corrected chi connectivity index (χ2v) is 3.17. The molecule has 84 valence electrons. The van der Waals surface area contributed by atoms with Gasteiger partial charge in [0.1, 0.15) is 5.82 Å². The zero-order valence-corrected chi connectivity index (χ0v) is 8.34. The summed E-state index contributed by atoms with van der Waals surface area (Å²) in [4.78, 5) is 0. The lowest BCUT2D eigenvalue weighted by atomic mass is 10.1. The van der Waals surface area contributed by atoms with Gasteiger partial charge in [-0.1, -0.05) is 0 Å². The van der Waals surface area contributed by atoms with E-state index in [2.05, 4.69) is 4.74 Å². The molecule has 0 fully saturated rings. The number of benzene rings is 1. The van der Waals surface area contributed by atoms with Gasteiger partial charge >= 0.3 is 0 Å². The highest BCUT2D eigenvalue weighted by atomic mass is 19.1. The van der Waals surface area contributed by atoms with Crippen LogP contribution in [0.2, 0.25) is 0 Å². The Kier molecular flexibility index (Phi) is 3.99. The molecule has 0 spiro atoms. The van der Waals surface area contributed by atoms with Crippen LogP contribution in [0.1, 0.15) is 5.56 Å². The number of hydrogen-bond acceptors (Lipinski definition) is 3. The molecule has 0 saturated carbocycles. The van der Waals surface area contributed by atoms with Gasteiger partial charge in [0.25, 0.3) is 0 Å². The van der Waals surface area contributed by atoms with Crippen LogP contribution < -0.4 is 10.5 Å². The smallest absolute Gasteiger partial charge is 0.165 e. The number of halogens is 2. The summed E-state index contributed by atoms with van der Waals surface area (Å²) in [5.41, 5.74) is 5.26. The molecule has 0 bridgehead atoms. The van der Waals surface area contributed by atoms with E-state index in [-0.39, 0.29) is 24.3 Å². The Balaban J connectivity index is 2.95. The number of hydrogen-bond donors (Lipinski definition) is 2. The van der Waals surface area contributed by atoms with Crippen LogP contribution in [0.15, 0.2) is 12.1 Å². The standard InChI is InChI=1S/C10H13F2NO2/c1-15-10-4-8(11)6(3-9(10)12)2-7(14)5-13/h3-4,7,14H,2,5,13H2,1H3. The molecule has 3 N–H and O–H groups in total. The van der Waals surface area contributed by atoms with Crippen molar-refractivity contribution >= 4 is 0 Å². The SMILES string of the molecule is COc1cc(F)c(CC(O)CN)cc1F. The Morgan fingerprint density at radius 2 is 2.07 bits per heavy atom. The number of ether oxygens (including phenoxy) is 1. The van der Waals surface area contributed by atoms with Gasteiger partial charge in [0.2, 0.25) is 0 Å². The van der Waals surface area contributed by atoms with Crippen LogP contribution in [0.3, 0.4) is 0 Å². The van der Waals surface area contributed by atoms with Crippen molar-refractivity contribution in [3.05, 3.63) is 29.3 Å². The fourth-order valence-corrected chi connectivity index (χ4v) is 1.22. The van der Waals surface area contributed by atoms with Crippen LogP contribution >= 0.6 is 0 Å². The summed E-state index contributed by atoms with van der Waals surface area (Å²) in [5.74, 6) is -1.42. The number of methoxy groups -OCH3 is 1. The lowest BCUT2D eigenvalue weighted by Gasteiger charge is -2.10. The van der Waals surface area contributed by atoms with Crippen molar-refractivity contribution in [2.75, 3.05) is 13.7 Å². The Bertz CT molecular complexity index is 344. The minimum Gasteiger partial charge on any atom is -0.494 e. The van der Waals surface area contributed by atoms with Crippen molar-refractivity contribution in [3.63, 3.8) is 0 Å². The average Bonchev–Trinajstić information content (AvgIpc) is 2.22. The summed E-state index contributed by atoms with van der Waals surface area (Å²) in [6, 6.07) is 1.96. The van der Waals surface area contributed by atoms with Gasteiger partial charge in [0.05, 0.1) is 13.2 Å². The summed E-state index contributed by atoms with van der Waals surface area (Å²) in [7, 11) is 1.26. The van der Waals surface area contributed by atoms with Gasteiger partial charge in [0, 0.05) is 19.0 Å². The molecule has 5 heteroatoms. The molecule has 0 aliphatic heterocycles. The Morgan fingerprint density at radius 1 is 1.40 bits per heavy atom. The van der Waals surface area contributed by atoms with Gasteiger partial charge in [-0.05, 0) is 11.6 Å². The predicted octanol–water partition coefficient (Wildman–Crippen LogP) is 0.836. The number of nitrogens with two attached hydrogens (primary N) is 1. The summed E-state index contributed by atoms with van der Waals surface area (Å²) in [6.07, 6.45) is -0.879. The minimum absolute atomic E-state index is 0.00703. The first-order chi connectivity index (χ1) is 7.08. The molecule has 0 saturated heterocycles. The van der Waals surface area contributed by atoms with Gasteiger partial charge in [-0.25, -0.2) is 8.78 Å². The normalized spacial score (nSPS) is 12.6. The molecule has 15 heavy (non-hydrogen) atoms. The molecule has 0 aliphatic carbocycles. The average molecular weight is 217 g/mol. The van der Waals surface area contributed by atoms with Crippen LogP contribution in [0.5, 0.6) is 5.75 Å². The molecule has 1 unspecified atom stereocenters. The maximum absolute atomic E-state index is 13.3. The van der Waals surface area contributed by atoms with Crippen molar-refractivity contribution in [2.45, 2.75) is 12.5 Å². The number of aliphatic hydroxyl groups is 1. The molecule has 0 aromatic heterocycles. The number of rotatable bonds is 4. The van der Waals surface area contributed by atoms with E-state index in [0.29, 0.717) is 0 Å². The maximum Gasteiger partial charge on any atom is 0.165 e. The molecule has 1 rings (SSSR count). The van der Waals surface area contributed by atoms with E-state index in [4.69, 9.17) is 5.73 Å². The first-order valence-electron chi connectivity index (χ1n) is 4.48. The predicted molar refractivity (Wildman–Crippen MR) is 51.7 cm³/mol. The molecule has 0 amide bonds. The van der Waals surface area contributed by atoms with Crippen molar-refractivity contribution in [2.24, 2.45) is 5.73 Å². The van der Waals surface area contributed by atoms with E-state index in [1.165, 1.54) is 7.11 Å². The van der Waals surface area contributed by atoms with Crippen LogP contribution in [-0.2, 0) is 6.42 Å².